The zero-order valence-electron chi connectivity index (χ0n) is 67.9. The lowest BCUT2D eigenvalue weighted by Gasteiger charge is -2.51. The Morgan fingerprint density at radius 2 is 0.250 bits per heavy atom. The molecule has 128 heavy (non-hydrogen) atoms. The van der Waals surface area contributed by atoms with Crippen molar-refractivity contribution in [3.8, 4) is 0 Å². The van der Waals surface area contributed by atoms with Crippen molar-refractivity contribution in [2.75, 3.05) is 92.0 Å². The summed E-state index contributed by atoms with van der Waals surface area (Å²) in [6.45, 7) is 0. The van der Waals surface area contributed by atoms with Gasteiger partial charge in [-0.3, -0.25) is 38.4 Å². The summed E-state index contributed by atoms with van der Waals surface area (Å²) < 4.78 is 100. The Kier molecular flexibility index (Phi) is 44.9. The molecule has 30 rings (SSSR count). The summed E-state index contributed by atoms with van der Waals surface area (Å²) in [5.74, 6) is -14.4. The summed E-state index contributed by atoms with van der Waals surface area (Å²) in [5, 5.41) is 272. The maximum atomic E-state index is 12.3. The highest BCUT2D eigenvalue weighted by Gasteiger charge is 2.61. The predicted molar refractivity (Wildman–Crippen MR) is 441 cm³/mol. The quantitative estimate of drug-likeness (QED) is 0.0253. The first-order valence-corrected chi connectivity index (χ1v) is 49.7. The summed E-state index contributed by atoms with van der Waals surface area (Å²) in [6, 6.07) is 0. The van der Waals surface area contributed by atoms with Crippen molar-refractivity contribution < 1.29 is 237 Å². The van der Waals surface area contributed by atoms with Crippen molar-refractivity contribution in [2.45, 2.75) is 297 Å². The molecule has 0 amide bonds. The molecule has 0 aromatic rings. The molecule has 24 N–H and O–H groups in total. The summed E-state index contributed by atoms with van der Waals surface area (Å²) in [7, 11) is 0. The molecule has 30 heterocycles. The van der Waals surface area contributed by atoms with Gasteiger partial charge in [-0.15, -0.1) is 0 Å². The van der Waals surface area contributed by atoms with Crippen LogP contribution in [0.1, 0.15) is 51.4 Å². The maximum Gasteiger partial charge on any atom is 0.304 e. The second-order valence-electron chi connectivity index (χ2n) is 30.7. The van der Waals surface area contributed by atoms with Crippen molar-refractivity contribution in [1.82, 2.24) is 0 Å². The summed E-state index contributed by atoms with van der Waals surface area (Å²) >= 11 is 7.04. The molecule has 0 spiro atoms. The maximum absolute atomic E-state index is 12.3. The Labute approximate surface area is 763 Å². The zero-order chi connectivity index (χ0) is 93.7. The number of rotatable bonds is 40. The van der Waals surface area contributed by atoms with Crippen LogP contribution < -0.4 is 0 Å². The first-order chi connectivity index (χ1) is 60.7. The molecule has 0 aromatic heterocycles. The average molecular weight is 2000 g/mol. The van der Waals surface area contributed by atoms with Crippen LogP contribution in [0.4, 0.5) is 0 Å². The van der Waals surface area contributed by atoms with Crippen LogP contribution in [-0.4, -0.2) is 508 Å². The molecule has 30 aliphatic rings. The van der Waals surface area contributed by atoms with E-state index in [0.29, 0.717) is 0 Å². The lowest BCUT2D eigenvalue weighted by Crippen LogP contribution is -2.69. The van der Waals surface area contributed by atoms with Crippen molar-refractivity contribution in [2.24, 2.45) is 0 Å². The highest BCUT2D eigenvalue weighted by molar-refractivity contribution is 8.00. The Hall–Kier alpha value is -2.72. The largest absolute Gasteiger partial charge is 0.481 e. The second kappa shape index (κ2) is 52.7. The first-order valence-electron chi connectivity index (χ1n) is 40.5. The van der Waals surface area contributed by atoms with E-state index >= 15 is 0 Å². The third-order valence-electron chi connectivity index (χ3n) is 21.4. The van der Waals surface area contributed by atoms with Gasteiger partial charge in [-0.05, 0) is 0 Å². The third-order valence-corrected chi connectivity index (χ3v) is 29.9. The number of carbonyl (C=O) groups is 8. The summed E-state index contributed by atoms with van der Waals surface area (Å²) in [5.41, 5.74) is 0. The van der Waals surface area contributed by atoms with Gasteiger partial charge >= 0.3 is 47.8 Å². The van der Waals surface area contributed by atoms with E-state index in [0.717, 1.165) is 94.1 Å². The number of hydrogen-bond donors (Lipinski definition) is 24. The second-order valence-corrected chi connectivity index (χ2v) is 39.9. The van der Waals surface area contributed by atoms with Gasteiger partial charge in [0.25, 0.3) is 0 Å². The van der Waals surface area contributed by atoms with Gasteiger partial charge in [0, 0.05) is 92.0 Å². The number of carboxylic acid groups (broad SMARTS) is 8. The molecule has 0 radical (unpaired) electrons. The molecule has 736 valence electrons. The smallest absolute Gasteiger partial charge is 0.304 e. The molecule has 0 saturated carbocycles. The predicted octanol–water partition coefficient (Wildman–Crippen LogP) is -7.68. The fourth-order valence-electron chi connectivity index (χ4n) is 14.7. The van der Waals surface area contributed by atoms with Crippen LogP contribution in [0.2, 0.25) is 0 Å². The van der Waals surface area contributed by atoms with Crippen molar-refractivity contribution in [3.63, 3.8) is 0 Å². The molecular weight excluding hydrogens is 1890 g/mol. The van der Waals surface area contributed by atoms with Crippen molar-refractivity contribution >= 4 is 142 Å². The summed E-state index contributed by atoms with van der Waals surface area (Å²) in [6.07, 6.45) is -85.9. The number of hydrogen-bond acceptors (Lipinski definition) is 48. The molecule has 30 fully saturated rings. The Bertz CT molecular complexity index is 2830. The Morgan fingerprint density at radius 3 is 0.336 bits per heavy atom. The van der Waals surface area contributed by atoms with Crippen LogP contribution in [-0.2, 0) is 114 Å². The molecule has 16 bridgehead atoms. The Balaban J connectivity index is 1.12. The van der Waals surface area contributed by atoms with Gasteiger partial charge < -0.3 is 198 Å². The van der Waals surface area contributed by atoms with Gasteiger partial charge in [-0.2, -0.15) is 94.1 Å². The normalized spacial score (nSPS) is 41.5. The average Bonchev–Trinajstić information content (AvgIpc) is 0.766. The standard InChI is InChI=1S/C72H112O48S8/c73-33(74)1-9-121-17-25-57-41(89)49(97)65(105-25)114-58-26(18-122-10-2-34(75)76)107-67(51(99)43(58)91)116-60-28(20-124-12-4-36(79)80)109-69(53(101)45(60)93)118-62-30(22-126-14-6-38(83)84)111-71(55(103)47(62)95)120-64-32(24-128-16-8-40(87)88)112-72(56(104)48(64)96)119-63-31(23-127-15-7-39(85)86)110-70(54(102)46(63)94)117-61-29(21-125-13-5-37(81)82)108-68(52(100)44(61)92)115-59-27(19-123-11-3-35(77)78)106-66(113-57)50(98)42(59)90/h25-32,41-72,89-104H,1-24H2,(H,73,74)(H,75,76)(H,77,78)(H,79,80)(H,81,82)(H,83,84)(H,85,86)(H,87,88)/t25-,26-,27-,28-,29-,30-,31-,32-,41-,42-,43-,44-,45-,46-,47-,48-,49-,50-,51-,52-,53-,54-,55-,56-,57-,58-,59-,60-,61-,62-,63-,64-,65-,66-,67-,68-,69-,70-,71-,72-/m0/s1. The van der Waals surface area contributed by atoms with E-state index in [1.807, 2.05) is 0 Å². The van der Waals surface area contributed by atoms with Gasteiger partial charge in [-0.25, -0.2) is 0 Å². The lowest BCUT2D eigenvalue weighted by molar-refractivity contribution is -0.396. The van der Waals surface area contributed by atoms with E-state index in [1.54, 1.807) is 0 Å². The molecule has 30 saturated heterocycles. The fourth-order valence-corrected chi connectivity index (χ4v) is 22.6. The van der Waals surface area contributed by atoms with E-state index in [2.05, 4.69) is 0 Å². The lowest BCUT2D eigenvalue weighted by atomic mass is 9.95. The van der Waals surface area contributed by atoms with Crippen molar-refractivity contribution in [1.29, 1.82) is 0 Å². The first kappa shape index (κ1) is 109. The minimum atomic E-state index is -2.33. The molecule has 0 aromatic carbocycles. The van der Waals surface area contributed by atoms with Crippen LogP contribution >= 0.6 is 94.1 Å². The van der Waals surface area contributed by atoms with Crippen LogP contribution in [0.15, 0.2) is 0 Å². The number of thioether (sulfide) groups is 8. The molecule has 0 unspecified atom stereocenters. The van der Waals surface area contributed by atoms with E-state index in [4.69, 9.17) is 75.8 Å². The number of carboxylic acids is 8. The molecule has 0 aliphatic carbocycles. The number of aliphatic hydroxyl groups excluding tert-OH is 16. The Morgan fingerprint density at radius 1 is 0.156 bits per heavy atom. The molecular formula is C72H112O48S8. The third kappa shape index (κ3) is 30.6. The number of ether oxygens (including phenoxy) is 16. The van der Waals surface area contributed by atoms with E-state index in [1.165, 1.54) is 0 Å². The number of aliphatic hydroxyl groups is 16. The molecule has 48 nitrogen and oxygen atoms in total. The van der Waals surface area contributed by atoms with Gasteiger partial charge in [0.15, 0.2) is 50.3 Å². The van der Waals surface area contributed by atoms with Gasteiger partial charge in [-0.1, -0.05) is 0 Å². The molecule has 30 aliphatic heterocycles. The minimum absolute atomic E-state index is 0.159. The van der Waals surface area contributed by atoms with Crippen LogP contribution in [0.5, 0.6) is 0 Å². The zero-order valence-corrected chi connectivity index (χ0v) is 74.4. The topological polar surface area (TPSA) is 770 Å². The fraction of sp³-hybridized carbons (Fsp3) is 0.889. The van der Waals surface area contributed by atoms with E-state index in [9.17, 15) is 161 Å². The highest BCUT2D eigenvalue weighted by atomic mass is 32.2. The van der Waals surface area contributed by atoms with E-state index < -0.39 is 345 Å². The van der Waals surface area contributed by atoms with Crippen LogP contribution in [0.25, 0.3) is 0 Å². The molecule has 56 heteroatoms. The van der Waals surface area contributed by atoms with Crippen molar-refractivity contribution in [3.05, 3.63) is 0 Å². The summed E-state index contributed by atoms with van der Waals surface area (Å²) in [4.78, 5) is 94.3. The van der Waals surface area contributed by atoms with Gasteiger partial charge in [0.2, 0.25) is 0 Å². The SMILES string of the molecule is O=C(O)CCSC[C@@H]1O[C@H]2O[C@@H]3[C@@H](O)[C@H](O)[C@H](O[C@@H]4[C@@H](O)[C@H](O)[C@H](O[C@@H]5[C@@H](O)[C@H](O)[C@H](O[C@@H]6[C@@H](O)[C@H](O)[C@H](O[C@@H]7[C@@H](O)[C@H](O)[C@H](O[C@@H]8[C@@H](O)[C@H](O)[C@H](O[C@@H]9[C@@H](O)[C@H](O)[C@H](O[C@@H]1[C@@H](O)[C@@H]2O)O[C@H]9CSCCC(=O)O)O[C@H]8CSCCC(=O)O)O[C@H]7CSCCC(=O)O)O[C@H]6CSCCC(=O)O)O[C@H]5CSCCC(=O)O)O[C@H]4CSCCC(=O)O)O[C@H]3CSCCC(=O)O. The highest BCUT2D eigenvalue weighted by Crippen LogP contribution is 2.43. The molecule has 40 atom stereocenters. The van der Waals surface area contributed by atoms with Gasteiger partial charge in [0.1, 0.15) is 146 Å². The monoisotopic (exact) mass is 2000 g/mol. The van der Waals surface area contributed by atoms with E-state index in [-0.39, 0.29) is 92.0 Å². The van der Waals surface area contributed by atoms with Gasteiger partial charge in [0.05, 0.1) is 100 Å². The van der Waals surface area contributed by atoms with Crippen LogP contribution in [0, 0.1) is 0 Å². The minimum Gasteiger partial charge on any atom is -0.481 e. The number of aliphatic carboxylic acids is 8. The van der Waals surface area contributed by atoms with Crippen LogP contribution in [0.3, 0.4) is 0 Å².